The topological polar surface area (TPSA) is 130 Å². The number of allylic oxidation sites excluding steroid dienone is 4. The van der Waals surface area contributed by atoms with E-state index in [2.05, 4.69) is 243 Å². The first kappa shape index (κ1) is 78.2. The molecule has 0 fully saturated rings. The number of benzene rings is 6. The van der Waals surface area contributed by atoms with Crippen LogP contribution >= 0.6 is 0 Å². The molecule has 0 heterocycles. The van der Waals surface area contributed by atoms with Crippen LogP contribution < -0.4 is 30.2 Å². The Morgan fingerprint density at radius 1 is 0.349 bits per heavy atom. The maximum Gasteiger partial charge on any atom is 2.00 e. The van der Waals surface area contributed by atoms with Crippen LogP contribution in [0.1, 0.15) is 241 Å². The third kappa shape index (κ3) is 26.7. The summed E-state index contributed by atoms with van der Waals surface area (Å²) in [5, 5.41) is 30.0. The molecule has 0 spiro atoms. The van der Waals surface area contributed by atoms with Crippen molar-refractivity contribution in [1.82, 2.24) is 0 Å². The second-order valence-electron chi connectivity index (χ2n) is 24.5. The molecule has 0 amide bonds. The second-order valence-corrected chi connectivity index (χ2v) is 24.5. The van der Waals surface area contributed by atoms with Gasteiger partial charge in [-0.2, -0.15) is 11.4 Å². The van der Waals surface area contributed by atoms with Crippen molar-refractivity contribution in [1.29, 1.82) is 0 Å². The average molecular weight is 1180 g/mol. The molecule has 6 aromatic carbocycles. The Morgan fingerprint density at radius 3 is 0.802 bits per heavy atom. The monoisotopic (exact) mass is 1180 g/mol. The molecule has 8 nitrogen and oxygen atoms in total. The van der Waals surface area contributed by atoms with Gasteiger partial charge in [0.05, 0.1) is 12.8 Å². The minimum Gasteiger partial charge on any atom is -0.830 e. The summed E-state index contributed by atoms with van der Waals surface area (Å²) in [5.41, 5.74) is 22.3. The molecular formula is C76H106Mg2N6O2+4. The molecule has 6 aromatic rings. The summed E-state index contributed by atoms with van der Waals surface area (Å²) >= 11 is 0. The second kappa shape index (κ2) is 41.4. The summed E-state index contributed by atoms with van der Waals surface area (Å²) < 4.78 is 0. The van der Waals surface area contributed by atoms with Gasteiger partial charge < -0.3 is 20.8 Å². The predicted molar refractivity (Wildman–Crippen MR) is 370 cm³/mol. The van der Waals surface area contributed by atoms with Gasteiger partial charge in [-0.15, -0.1) is 11.4 Å². The first-order chi connectivity index (χ1) is 39.9. The Kier molecular flexibility index (Phi) is 37.6. The quantitative estimate of drug-likeness (QED) is 0.0307. The van der Waals surface area contributed by atoms with E-state index < -0.39 is 0 Å². The maximum absolute atomic E-state index is 9.88. The number of hydrogen-bond acceptors (Lipinski definition) is 2. The van der Waals surface area contributed by atoms with E-state index in [-0.39, 0.29) is 46.1 Å². The van der Waals surface area contributed by atoms with Gasteiger partial charge in [0, 0.05) is 48.9 Å². The van der Waals surface area contributed by atoms with Crippen LogP contribution in [0.2, 0.25) is 0 Å². The summed E-state index contributed by atoms with van der Waals surface area (Å²) in [5.74, 6) is 3.65. The number of nitrogens with zero attached hydrogens (tertiary/aromatic N) is 2. The van der Waals surface area contributed by atoms with E-state index in [1.165, 1.54) is 67.0 Å². The fraction of sp³-hybridized carbons (Fsp3) is 0.421. The van der Waals surface area contributed by atoms with Gasteiger partial charge in [-0.05, 0) is 70.6 Å². The third-order valence-corrected chi connectivity index (χ3v) is 14.5. The number of hydrogen-bond donors (Lipinski definition) is 4. The Labute approximate surface area is 554 Å². The van der Waals surface area contributed by atoms with E-state index in [1.807, 2.05) is 60.7 Å². The Bertz CT molecular complexity index is 2780. The zero-order valence-corrected chi connectivity index (χ0v) is 59.4. The molecule has 0 aliphatic rings. The van der Waals surface area contributed by atoms with Gasteiger partial charge in [0.25, 0.3) is 0 Å². The summed E-state index contributed by atoms with van der Waals surface area (Å²) in [6.07, 6.45) is 7.59. The molecule has 0 saturated heterocycles. The molecule has 10 heteroatoms. The summed E-state index contributed by atoms with van der Waals surface area (Å²) in [7, 11) is 0. The van der Waals surface area contributed by atoms with Crippen molar-refractivity contribution in [2.75, 3.05) is 13.1 Å². The van der Waals surface area contributed by atoms with E-state index in [0.29, 0.717) is 60.4 Å². The minimum absolute atomic E-state index is 0. The third-order valence-electron chi connectivity index (χ3n) is 14.5. The minimum atomic E-state index is 0. The van der Waals surface area contributed by atoms with Crippen LogP contribution in [0, 0.1) is 0 Å². The smallest absolute Gasteiger partial charge is 0.830 e. The van der Waals surface area contributed by atoms with Gasteiger partial charge in [-0.1, -0.05) is 280 Å². The molecule has 0 radical (unpaired) electrons. The largest absolute Gasteiger partial charge is 2.00 e. The summed E-state index contributed by atoms with van der Waals surface area (Å²) in [6.45, 7) is 45.9. The van der Waals surface area contributed by atoms with Crippen LogP contribution in [0.4, 0.5) is 22.7 Å². The van der Waals surface area contributed by atoms with Gasteiger partial charge in [0.1, 0.15) is 13.1 Å². The van der Waals surface area contributed by atoms with Crippen molar-refractivity contribution in [3.63, 3.8) is 0 Å². The van der Waals surface area contributed by atoms with E-state index in [4.69, 9.17) is 10.6 Å². The molecule has 0 aliphatic heterocycles. The predicted octanol–water partition coefficient (Wildman–Crippen LogP) is 12.6. The first-order valence-corrected chi connectivity index (χ1v) is 30.9. The van der Waals surface area contributed by atoms with Crippen molar-refractivity contribution in [2.45, 2.75) is 199 Å². The molecule has 4 N–H and O–H groups in total. The Balaban J connectivity index is 0.000000626. The molecule has 0 saturated carbocycles. The van der Waals surface area contributed by atoms with Crippen molar-refractivity contribution in [3.8, 4) is 0 Å². The normalized spacial score (nSPS) is 12.1. The van der Waals surface area contributed by atoms with Crippen molar-refractivity contribution in [3.05, 3.63) is 223 Å². The average Bonchev–Trinajstić information content (AvgIpc) is 3.44. The van der Waals surface area contributed by atoms with Crippen LogP contribution in [0.25, 0.3) is 10.6 Å². The molecular weight excluding hydrogens is 1080 g/mol. The van der Waals surface area contributed by atoms with Crippen molar-refractivity contribution < 1.29 is 30.2 Å². The fourth-order valence-corrected chi connectivity index (χ4v) is 10.0. The maximum atomic E-state index is 9.88. The van der Waals surface area contributed by atoms with Gasteiger partial charge >= 0.3 is 46.1 Å². The molecule has 86 heavy (non-hydrogen) atoms. The molecule has 452 valence electrons. The number of rotatable bonds is 22. The Morgan fingerprint density at radius 2 is 0.581 bits per heavy atom. The van der Waals surface area contributed by atoms with Crippen LogP contribution in [0.5, 0.6) is 0 Å². The van der Waals surface area contributed by atoms with Gasteiger partial charge in [0.2, 0.25) is 11.4 Å². The Hall–Kier alpha value is -5.79. The summed E-state index contributed by atoms with van der Waals surface area (Å²) in [4.78, 5) is 12.7. The zero-order chi connectivity index (χ0) is 62.5. The fourth-order valence-electron chi connectivity index (χ4n) is 10.0. The van der Waals surface area contributed by atoms with Crippen LogP contribution in [0.15, 0.2) is 157 Å². The van der Waals surface area contributed by atoms with Gasteiger partial charge in [-0.3, -0.25) is 9.98 Å². The van der Waals surface area contributed by atoms with Crippen LogP contribution in [0.3, 0.4) is 0 Å². The number of nitrogens with one attached hydrogen (secondary N) is 4. The molecule has 0 atom stereocenters. The van der Waals surface area contributed by atoms with Crippen LogP contribution in [-0.2, 0) is 12.8 Å². The molecule has 0 unspecified atom stereocenters. The molecule has 0 bridgehead atoms. The van der Waals surface area contributed by atoms with Crippen molar-refractivity contribution >= 4 is 93.1 Å². The standard InChI is InChI=1S/2C29H41N2.2C9H11NO.2Mg/c2*1-18(2)24-13-11-14-25(19(3)4)28(24)30-22(9)17-23(10)31-29-26(20(5)6)15-12-16-27(29)21(7)8;2*11-8-10-7-6-9-4-2-1-3-5-9;;/h2*11-21H,1-10H3;2*1-5,8H,6-7H2,(H,10,11);;/q2*-1;;;2*+2/p+2/b2*22-17-,31-23?;;;;. The molecule has 6 rings (SSSR count). The van der Waals surface area contributed by atoms with E-state index >= 15 is 0 Å². The van der Waals surface area contributed by atoms with E-state index in [9.17, 15) is 10.2 Å². The summed E-state index contributed by atoms with van der Waals surface area (Å²) in [6, 6.07) is 46.6. The van der Waals surface area contributed by atoms with E-state index in [0.717, 1.165) is 59.8 Å². The SMILES string of the molecule is CC(/C=C(/C)[N-]c1c(C(C)C)cccc1C(C)C)=[NH+]c1c(C(C)C)cccc1C(C)C.CC(/C=C(/C)[N-]c1c(C(C)C)cccc1C(C)C)=[NH+]c1c(C(C)C)cccc1C(C)C.[Mg+2].[Mg+2].[O-]C=[NH+]CCc1ccccc1.[O-]C=[NH+]CCc1ccccc1. The van der Waals surface area contributed by atoms with Gasteiger partial charge in [0.15, 0.2) is 11.4 Å². The van der Waals surface area contributed by atoms with Crippen molar-refractivity contribution in [2.24, 2.45) is 0 Å². The number of para-hydroxylation sites is 4. The molecule has 0 aliphatic carbocycles. The van der Waals surface area contributed by atoms with Gasteiger partial charge in [-0.25, -0.2) is 9.98 Å². The van der Waals surface area contributed by atoms with E-state index in [1.54, 1.807) is 0 Å². The molecule has 0 aromatic heterocycles. The first-order valence-electron chi connectivity index (χ1n) is 30.9. The van der Waals surface area contributed by atoms with Crippen LogP contribution in [-0.4, -0.2) is 83.4 Å². The zero-order valence-electron chi connectivity index (χ0n) is 56.6.